The number of hydrogen-bond donors (Lipinski definition) is 1. The number of rotatable bonds is 7. The van der Waals surface area contributed by atoms with Crippen molar-refractivity contribution in [2.45, 2.75) is 12.3 Å². The summed E-state index contributed by atoms with van der Waals surface area (Å²) in [4.78, 5) is 26.9. The van der Waals surface area contributed by atoms with Crippen LogP contribution < -0.4 is 24.4 Å². The Morgan fingerprint density at radius 2 is 1.76 bits per heavy atom. The van der Waals surface area contributed by atoms with Crippen molar-refractivity contribution in [1.29, 1.82) is 0 Å². The molecule has 3 aromatic rings. The molecular formula is C22H21ClN4O6. The molecule has 2 amide bonds. The smallest absolute Gasteiger partial charge is 0.322 e. The predicted octanol–water partition coefficient (Wildman–Crippen LogP) is 3.52. The topological polar surface area (TPSA) is 116 Å². The average molecular weight is 473 g/mol. The van der Waals surface area contributed by atoms with Crippen LogP contribution in [0.1, 0.15) is 28.6 Å². The highest BCUT2D eigenvalue weighted by atomic mass is 35.5. The number of aromatic nitrogens is 2. The van der Waals surface area contributed by atoms with E-state index in [9.17, 15) is 9.59 Å². The van der Waals surface area contributed by atoms with Gasteiger partial charge < -0.3 is 23.5 Å². The Hall–Kier alpha value is -3.79. The van der Waals surface area contributed by atoms with Crippen molar-refractivity contribution in [1.82, 2.24) is 10.2 Å². The van der Waals surface area contributed by atoms with E-state index in [-0.39, 0.29) is 35.7 Å². The van der Waals surface area contributed by atoms with E-state index in [0.717, 1.165) is 5.69 Å². The molecule has 2 aromatic carbocycles. The molecule has 1 aliphatic heterocycles. The molecule has 1 saturated heterocycles. The van der Waals surface area contributed by atoms with Gasteiger partial charge in [0.25, 0.3) is 5.91 Å². The summed E-state index contributed by atoms with van der Waals surface area (Å²) in [5.74, 6) is 0.429. The van der Waals surface area contributed by atoms with Gasteiger partial charge in [0.2, 0.25) is 17.5 Å². The molecule has 0 spiro atoms. The van der Waals surface area contributed by atoms with Gasteiger partial charge in [-0.3, -0.25) is 14.9 Å². The molecule has 4 rings (SSSR count). The summed E-state index contributed by atoms with van der Waals surface area (Å²) in [5.41, 5.74) is 0.983. The maximum atomic E-state index is 12.7. The van der Waals surface area contributed by atoms with Gasteiger partial charge in [0, 0.05) is 29.2 Å². The Kier molecular flexibility index (Phi) is 6.36. The number of methoxy groups -OCH3 is 3. The summed E-state index contributed by atoms with van der Waals surface area (Å²) in [6.45, 7) is 0.378. The number of halogens is 1. The van der Waals surface area contributed by atoms with Crippen molar-refractivity contribution in [3.05, 3.63) is 52.9 Å². The van der Waals surface area contributed by atoms with E-state index in [2.05, 4.69) is 15.5 Å². The molecule has 0 saturated carbocycles. The molecule has 2 heterocycles. The van der Waals surface area contributed by atoms with Crippen LogP contribution in [0.2, 0.25) is 5.02 Å². The number of nitrogens with one attached hydrogen (secondary N) is 1. The quantitative estimate of drug-likeness (QED) is 0.555. The third kappa shape index (κ3) is 4.56. The lowest BCUT2D eigenvalue weighted by molar-refractivity contribution is -0.117. The van der Waals surface area contributed by atoms with Crippen molar-refractivity contribution in [2.75, 3.05) is 38.1 Å². The van der Waals surface area contributed by atoms with E-state index in [1.807, 2.05) is 0 Å². The largest absolute Gasteiger partial charge is 0.493 e. The first-order valence-corrected chi connectivity index (χ1v) is 10.3. The molecule has 0 aliphatic carbocycles. The molecule has 1 atom stereocenters. The molecule has 10 nitrogen and oxygen atoms in total. The van der Waals surface area contributed by atoms with Crippen LogP contribution in [0.25, 0.3) is 0 Å². The molecule has 1 aliphatic rings. The molecule has 0 radical (unpaired) electrons. The summed E-state index contributed by atoms with van der Waals surface area (Å²) < 4.78 is 21.4. The van der Waals surface area contributed by atoms with Gasteiger partial charge in [0.15, 0.2) is 11.5 Å². The van der Waals surface area contributed by atoms with Crippen LogP contribution in [-0.2, 0) is 4.79 Å². The predicted molar refractivity (Wildman–Crippen MR) is 120 cm³/mol. The SMILES string of the molecule is COc1cc(C(=O)Nc2nnc([C@@H]3CC(=O)N(c4ccc(Cl)cc4)C3)o2)cc(OC)c1OC. The van der Waals surface area contributed by atoms with Gasteiger partial charge in [-0.25, -0.2) is 0 Å². The molecular weight excluding hydrogens is 452 g/mol. The summed E-state index contributed by atoms with van der Waals surface area (Å²) >= 11 is 5.93. The van der Waals surface area contributed by atoms with Crippen molar-refractivity contribution < 1.29 is 28.2 Å². The number of nitrogens with zero attached hydrogens (tertiary/aromatic N) is 3. The minimum absolute atomic E-state index is 0.0662. The van der Waals surface area contributed by atoms with E-state index in [1.165, 1.54) is 33.5 Å². The maximum Gasteiger partial charge on any atom is 0.322 e. The number of carbonyl (C=O) groups excluding carboxylic acids is 2. The van der Waals surface area contributed by atoms with E-state index < -0.39 is 5.91 Å². The lowest BCUT2D eigenvalue weighted by atomic mass is 10.1. The first-order valence-electron chi connectivity index (χ1n) is 9.94. The van der Waals surface area contributed by atoms with E-state index in [4.69, 9.17) is 30.2 Å². The van der Waals surface area contributed by atoms with Crippen molar-refractivity contribution in [3.8, 4) is 17.2 Å². The first kappa shape index (κ1) is 22.4. The monoisotopic (exact) mass is 472 g/mol. The maximum absolute atomic E-state index is 12.7. The first-order chi connectivity index (χ1) is 15.9. The fraction of sp³-hybridized carbons (Fsp3) is 0.273. The Bertz CT molecular complexity index is 1150. The Labute approximate surface area is 194 Å². The van der Waals surface area contributed by atoms with Gasteiger partial charge in [-0.05, 0) is 36.4 Å². The minimum Gasteiger partial charge on any atom is -0.493 e. The fourth-order valence-electron chi connectivity index (χ4n) is 3.58. The average Bonchev–Trinajstić information content (AvgIpc) is 3.45. The number of hydrogen-bond acceptors (Lipinski definition) is 8. The number of anilines is 2. The van der Waals surface area contributed by atoms with E-state index in [0.29, 0.717) is 28.8 Å². The third-order valence-corrected chi connectivity index (χ3v) is 5.45. The molecule has 33 heavy (non-hydrogen) atoms. The number of carbonyl (C=O) groups is 2. The zero-order chi connectivity index (χ0) is 23.5. The summed E-state index contributed by atoms with van der Waals surface area (Å²) in [6, 6.07) is 9.93. The van der Waals surface area contributed by atoms with Crippen molar-refractivity contribution in [3.63, 3.8) is 0 Å². The Morgan fingerprint density at radius 1 is 1.09 bits per heavy atom. The Morgan fingerprint density at radius 3 is 2.36 bits per heavy atom. The van der Waals surface area contributed by atoms with Crippen molar-refractivity contribution in [2.24, 2.45) is 0 Å². The second-order valence-electron chi connectivity index (χ2n) is 7.20. The lowest BCUT2D eigenvalue weighted by Crippen LogP contribution is -2.24. The number of benzene rings is 2. The standard InChI is InChI=1S/C22H21ClN4O6/c1-30-16-8-12(9-17(31-2)19(16)32-3)20(29)24-22-26-25-21(33-22)13-10-18(28)27(11-13)15-6-4-14(23)5-7-15/h4-9,13H,10-11H2,1-3H3,(H,24,26,29)/t13-/m1/s1. The second-order valence-corrected chi connectivity index (χ2v) is 7.63. The van der Waals surface area contributed by atoms with Crippen molar-refractivity contribution >= 4 is 35.1 Å². The molecule has 1 aromatic heterocycles. The molecule has 0 unspecified atom stereocenters. The van der Waals surface area contributed by atoms with E-state index >= 15 is 0 Å². The lowest BCUT2D eigenvalue weighted by Gasteiger charge is -2.16. The van der Waals surface area contributed by atoms with Crippen LogP contribution in [0.3, 0.4) is 0 Å². The van der Waals surface area contributed by atoms with Gasteiger partial charge >= 0.3 is 6.01 Å². The second kappa shape index (κ2) is 9.37. The number of amides is 2. The number of ether oxygens (including phenoxy) is 3. The van der Waals surface area contributed by atoms with Crippen LogP contribution in [0.15, 0.2) is 40.8 Å². The zero-order valence-corrected chi connectivity index (χ0v) is 18.9. The molecule has 1 N–H and O–H groups in total. The third-order valence-electron chi connectivity index (χ3n) is 5.20. The Balaban J connectivity index is 1.47. The summed E-state index contributed by atoms with van der Waals surface area (Å²) in [6.07, 6.45) is 0.213. The molecule has 11 heteroatoms. The molecule has 1 fully saturated rings. The highest BCUT2D eigenvalue weighted by Crippen LogP contribution is 2.38. The normalized spacial score (nSPS) is 15.5. The van der Waals surface area contributed by atoms with Gasteiger partial charge in [-0.1, -0.05) is 16.7 Å². The van der Waals surface area contributed by atoms with Crippen LogP contribution in [-0.4, -0.2) is 49.9 Å². The summed E-state index contributed by atoms with van der Waals surface area (Å²) in [5, 5.41) is 11.1. The molecule has 172 valence electrons. The minimum atomic E-state index is -0.505. The van der Waals surface area contributed by atoms with Gasteiger partial charge in [0.05, 0.1) is 27.2 Å². The van der Waals surface area contributed by atoms with Gasteiger partial charge in [-0.15, -0.1) is 5.10 Å². The highest BCUT2D eigenvalue weighted by Gasteiger charge is 2.35. The van der Waals surface area contributed by atoms with Crippen LogP contribution in [0.5, 0.6) is 17.2 Å². The van der Waals surface area contributed by atoms with Gasteiger partial charge in [0.1, 0.15) is 0 Å². The van der Waals surface area contributed by atoms with Crippen LogP contribution >= 0.6 is 11.6 Å². The fourth-order valence-corrected chi connectivity index (χ4v) is 3.70. The van der Waals surface area contributed by atoms with E-state index in [1.54, 1.807) is 29.2 Å². The van der Waals surface area contributed by atoms with Crippen LogP contribution in [0, 0.1) is 0 Å². The van der Waals surface area contributed by atoms with Crippen LogP contribution in [0.4, 0.5) is 11.7 Å². The summed E-state index contributed by atoms with van der Waals surface area (Å²) in [7, 11) is 4.39. The molecule has 0 bridgehead atoms. The highest BCUT2D eigenvalue weighted by molar-refractivity contribution is 6.30. The van der Waals surface area contributed by atoms with Gasteiger partial charge in [-0.2, -0.15) is 0 Å². The zero-order valence-electron chi connectivity index (χ0n) is 18.1.